The third-order valence-corrected chi connectivity index (χ3v) is 3.40. The highest BCUT2D eigenvalue weighted by Crippen LogP contribution is 2.17. The highest BCUT2D eigenvalue weighted by Gasteiger charge is 2.11. The molecule has 2 aromatic rings. The van der Waals surface area contributed by atoms with Crippen LogP contribution in [0.15, 0.2) is 46.9 Å². The molecule has 0 aliphatic rings. The number of hydrogen-bond donors (Lipinski definition) is 1. The van der Waals surface area contributed by atoms with Gasteiger partial charge in [-0.15, -0.1) is 0 Å². The monoisotopic (exact) mass is 341 g/mol. The molecule has 0 saturated heterocycles. The summed E-state index contributed by atoms with van der Waals surface area (Å²) in [6, 6.07) is 11.3. The number of nitrogens with one attached hydrogen (secondary N) is 1. The van der Waals surface area contributed by atoms with Gasteiger partial charge in [0.15, 0.2) is 0 Å². The highest BCUT2D eigenvalue weighted by atomic mass is 79.9. The van der Waals surface area contributed by atoms with Gasteiger partial charge in [0.05, 0.1) is 10.6 Å². The molecule has 0 aliphatic carbocycles. The standard InChI is InChI=1S/C14H10BrClFNO/c15-10-3-1-9(2-4-10)8-18-14(19)12-7-11(17)5-6-13(12)16/h1-7H,8H2,(H,18,19). The van der Waals surface area contributed by atoms with Crippen molar-refractivity contribution in [1.82, 2.24) is 5.32 Å². The van der Waals surface area contributed by atoms with Crippen LogP contribution in [0.2, 0.25) is 5.02 Å². The summed E-state index contributed by atoms with van der Waals surface area (Å²) in [7, 11) is 0. The van der Waals surface area contributed by atoms with Gasteiger partial charge in [0.2, 0.25) is 0 Å². The van der Waals surface area contributed by atoms with Crippen LogP contribution >= 0.6 is 27.5 Å². The molecule has 2 rings (SSSR count). The highest BCUT2D eigenvalue weighted by molar-refractivity contribution is 9.10. The largest absolute Gasteiger partial charge is 0.348 e. The van der Waals surface area contributed by atoms with Crippen molar-refractivity contribution >= 4 is 33.4 Å². The topological polar surface area (TPSA) is 29.1 Å². The van der Waals surface area contributed by atoms with E-state index in [1.54, 1.807) is 0 Å². The van der Waals surface area contributed by atoms with Crippen molar-refractivity contribution < 1.29 is 9.18 Å². The first-order chi connectivity index (χ1) is 9.06. The first-order valence-corrected chi connectivity index (χ1v) is 6.71. The average Bonchev–Trinajstić information content (AvgIpc) is 2.40. The van der Waals surface area contributed by atoms with Gasteiger partial charge in [0.25, 0.3) is 5.91 Å². The van der Waals surface area contributed by atoms with Crippen molar-refractivity contribution in [3.05, 3.63) is 68.9 Å². The van der Waals surface area contributed by atoms with Crippen molar-refractivity contribution in [2.75, 3.05) is 0 Å². The predicted octanol–water partition coefficient (Wildman–Crippen LogP) is 4.17. The van der Waals surface area contributed by atoms with Gasteiger partial charge < -0.3 is 5.32 Å². The van der Waals surface area contributed by atoms with Crippen LogP contribution in [0.25, 0.3) is 0 Å². The van der Waals surface area contributed by atoms with Crippen molar-refractivity contribution in [3.8, 4) is 0 Å². The Kier molecular flexibility index (Phi) is 4.56. The first-order valence-electron chi connectivity index (χ1n) is 5.54. The molecular formula is C14H10BrClFNO. The minimum absolute atomic E-state index is 0.138. The maximum absolute atomic E-state index is 13.1. The Morgan fingerprint density at radius 3 is 2.58 bits per heavy atom. The fourth-order valence-electron chi connectivity index (χ4n) is 1.55. The van der Waals surface area contributed by atoms with E-state index in [1.807, 2.05) is 24.3 Å². The van der Waals surface area contributed by atoms with Crippen LogP contribution in [0, 0.1) is 5.82 Å². The summed E-state index contributed by atoms with van der Waals surface area (Å²) in [5.41, 5.74) is 1.09. The lowest BCUT2D eigenvalue weighted by Crippen LogP contribution is -2.23. The molecule has 0 atom stereocenters. The van der Waals surface area contributed by atoms with Crippen LogP contribution in [-0.4, -0.2) is 5.91 Å². The Labute approximate surface area is 123 Å². The van der Waals surface area contributed by atoms with Crippen molar-refractivity contribution in [2.24, 2.45) is 0 Å². The Hall–Kier alpha value is -1.39. The normalized spacial score (nSPS) is 10.3. The molecule has 19 heavy (non-hydrogen) atoms. The van der Waals surface area contributed by atoms with E-state index in [9.17, 15) is 9.18 Å². The zero-order valence-electron chi connectivity index (χ0n) is 9.79. The number of benzene rings is 2. The van der Waals surface area contributed by atoms with Gasteiger partial charge in [0.1, 0.15) is 5.82 Å². The fraction of sp³-hybridized carbons (Fsp3) is 0.0714. The Bertz CT molecular complexity index is 601. The number of halogens is 3. The molecule has 0 aliphatic heterocycles. The zero-order chi connectivity index (χ0) is 13.8. The van der Waals surface area contributed by atoms with Gasteiger partial charge in [-0.3, -0.25) is 4.79 Å². The maximum Gasteiger partial charge on any atom is 0.253 e. The lowest BCUT2D eigenvalue weighted by molar-refractivity contribution is 0.0950. The lowest BCUT2D eigenvalue weighted by atomic mass is 10.2. The molecular weight excluding hydrogens is 333 g/mol. The Morgan fingerprint density at radius 1 is 1.21 bits per heavy atom. The second-order valence-electron chi connectivity index (χ2n) is 3.93. The SMILES string of the molecule is O=C(NCc1ccc(Br)cc1)c1cc(F)ccc1Cl. The average molecular weight is 343 g/mol. The maximum atomic E-state index is 13.1. The van der Waals surface area contributed by atoms with Gasteiger partial charge >= 0.3 is 0 Å². The second-order valence-corrected chi connectivity index (χ2v) is 5.26. The third kappa shape index (κ3) is 3.78. The molecule has 0 spiro atoms. The van der Waals surface area contributed by atoms with E-state index < -0.39 is 11.7 Å². The van der Waals surface area contributed by atoms with E-state index in [4.69, 9.17) is 11.6 Å². The molecule has 0 unspecified atom stereocenters. The fourth-order valence-corrected chi connectivity index (χ4v) is 2.02. The summed E-state index contributed by atoms with van der Waals surface area (Å²) in [6.45, 7) is 0.360. The molecule has 2 aromatic carbocycles. The number of hydrogen-bond acceptors (Lipinski definition) is 1. The van der Waals surface area contributed by atoms with E-state index in [2.05, 4.69) is 21.2 Å². The zero-order valence-corrected chi connectivity index (χ0v) is 12.1. The van der Waals surface area contributed by atoms with Gasteiger partial charge in [-0.2, -0.15) is 0 Å². The smallest absolute Gasteiger partial charge is 0.253 e. The van der Waals surface area contributed by atoms with Gasteiger partial charge in [-0.05, 0) is 35.9 Å². The van der Waals surface area contributed by atoms with E-state index in [0.717, 1.165) is 16.1 Å². The van der Waals surface area contributed by atoms with Crippen LogP contribution in [0.3, 0.4) is 0 Å². The summed E-state index contributed by atoms with van der Waals surface area (Å²) in [4.78, 5) is 11.9. The Balaban J connectivity index is 2.05. The van der Waals surface area contributed by atoms with Crippen molar-refractivity contribution in [3.63, 3.8) is 0 Å². The van der Waals surface area contributed by atoms with Gasteiger partial charge in [0, 0.05) is 11.0 Å². The van der Waals surface area contributed by atoms with Crippen LogP contribution in [0.1, 0.15) is 15.9 Å². The van der Waals surface area contributed by atoms with E-state index in [0.29, 0.717) is 6.54 Å². The van der Waals surface area contributed by atoms with Crippen LogP contribution in [0.4, 0.5) is 4.39 Å². The molecule has 0 radical (unpaired) electrons. The summed E-state index contributed by atoms with van der Waals surface area (Å²) in [5.74, 6) is -0.884. The van der Waals surface area contributed by atoms with E-state index in [1.165, 1.54) is 12.1 Å². The van der Waals surface area contributed by atoms with Crippen LogP contribution in [0.5, 0.6) is 0 Å². The van der Waals surface area contributed by atoms with Gasteiger partial charge in [-0.25, -0.2) is 4.39 Å². The summed E-state index contributed by atoms with van der Waals surface area (Å²) < 4.78 is 14.0. The molecule has 0 aromatic heterocycles. The van der Waals surface area contributed by atoms with E-state index >= 15 is 0 Å². The number of amides is 1. The number of rotatable bonds is 3. The summed E-state index contributed by atoms with van der Waals surface area (Å²) in [5, 5.41) is 2.93. The van der Waals surface area contributed by atoms with E-state index in [-0.39, 0.29) is 10.6 Å². The molecule has 0 saturated carbocycles. The minimum atomic E-state index is -0.488. The molecule has 2 nitrogen and oxygen atoms in total. The molecule has 1 N–H and O–H groups in total. The van der Waals surface area contributed by atoms with Gasteiger partial charge in [-0.1, -0.05) is 39.7 Å². The van der Waals surface area contributed by atoms with Crippen molar-refractivity contribution in [1.29, 1.82) is 0 Å². The third-order valence-electron chi connectivity index (χ3n) is 2.54. The molecule has 5 heteroatoms. The molecule has 98 valence electrons. The second kappa shape index (κ2) is 6.17. The predicted molar refractivity (Wildman–Crippen MR) is 76.7 cm³/mol. The Morgan fingerprint density at radius 2 is 1.89 bits per heavy atom. The molecule has 0 bridgehead atoms. The first kappa shape index (κ1) is 14.0. The minimum Gasteiger partial charge on any atom is -0.348 e. The molecule has 0 fully saturated rings. The summed E-state index contributed by atoms with van der Waals surface area (Å²) >= 11 is 9.19. The quantitative estimate of drug-likeness (QED) is 0.891. The lowest BCUT2D eigenvalue weighted by Gasteiger charge is -2.07. The number of carbonyl (C=O) groups excluding carboxylic acids is 1. The van der Waals surface area contributed by atoms with Crippen LogP contribution < -0.4 is 5.32 Å². The summed E-state index contributed by atoms with van der Waals surface area (Å²) in [6.07, 6.45) is 0. The van der Waals surface area contributed by atoms with Crippen LogP contribution in [-0.2, 0) is 6.54 Å². The number of carbonyl (C=O) groups is 1. The molecule has 1 amide bonds. The molecule has 0 heterocycles. The van der Waals surface area contributed by atoms with Crippen molar-refractivity contribution in [2.45, 2.75) is 6.54 Å².